The fraction of sp³-hybridized carbons (Fsp3) is 0.0714. The Morgan fingerprint density at radius 3 is 2.38 bits per heavy atom. The molecule has 21 heavy (non-hydrogen) atoms. The van der Waals surface area contributed by atoms with E-state index in [1.54, 1.807) is 25.1 Å². The van der Waals surface area contributed by atoms with Gasteiger partial charge >= 0.3 is 6.03 Å². The Morgan fingerprint density at radius 1 is 1.00 bits per heavy atom. The van der Waals surface area contributed by atoms with E-state index in [0.717, 1.165) is 12.1 Å². The summed E-state index contributed by atoms with van der Waals surface area (Å²) in [5.74, 6) is -4.44. The van der Waals surface area contributed by atoms with Crippen LogP contribution in [0.4, 0.5) is 29.3 Å². The zero-order valence-electron chi connectivity index (χ0n) is 10.8. The lowest BCUT2D eigenvalue weighted by Crippen LogP contribution is -2.21. The highest BCUT2D eigenvalue weighted by atomic mass is 35.5. The molecule has 0 saturated heterocycles. The quantitative estimate of drug-likeness (QED) is 0.774. The molecule has 0 spiro atoms. The summed E-state index contributed by atoms with van der Waals surface area (Å²) in [6.45, 7) is 1.69. The van der Waals surface area contributed by atoms with Crippen LogP contribution in [-0.2, 0) is 0 Å². The second kappa shape index (κ2) is 6.05. The second-order valence-electron chi connectivity index (χ2n) is 4.21. The Hall–Kier alpha value is -2.21. The van der Waals surface area contributed by atoms with Gasteiger partial charge in [0.05, 0.1) is 5.69 Å². The minimum absolute atomic E-state index is 0.419. The molecule has 0 unspecified atom stereocenters. The summed E-state index contributed by atoms with van der Waals surface area (Å²) in [6.07, 6.45) is 0. The molecule has 0 aromatic heterocycles. The van der Waals surface area contributed by atoms with Crippen molar-refractivity contribution in [2.75, 3.05) is 10.6 Å². The van der Waals surface area contributed by atoms with E-state index in [1.807, 2.05) is 0 Å². The Labute approximate surface area is 123 Å². The van der Waals surface area contributed by atoms with Crippen LogP contribution in [0.2, 0.25) is 5.02 Å². The predicted molar refractivity (Wildman–Crippen MR) is 75.1 cm³/mol. The van der Waals surface area contributed by atoms with Crippen LogP contribution < -0.4 is 10.6 Å². The number of anilines is 2. The molecule has 0 atom stereocenters. The molecule has 0 aliphatic rings. The van der Waals surface area contributed by atoms with Gasteiger partial charge in [-0.25, -0.2) is 18.0 Å². The third-order valence-electron chi connectivity index (χ3n) is 2.80. The summed E-state index contributed by atoms with van der Waals surface area (Å²) in [4.78, 5) is 11.7. The number of nitrogens with one attached hydrogen (secondary N) is 2. The van der Waals surface area contributed by atoms with Crippen molar-refractivity contribution in [3.63, 3.8) is 0 Å². The maximum absolute atomic E-state index is 13.4. The summed E-state index contributed by atoms with van der Waals surface area (Å²) in [7, 11) is 0. The molecular weight excluding hydrogens is 305 g/mol. The van der Waals surface area contributed by atoms with Gasteiger partial charge in [0.2, 0.25) is 0 Å². The van der Waals surface area contributed by atoms with Crippen molar-refractivity contribution in [3.8, 4) is 0 Å². The van der Waals surface area contributed by atoms with E-state index in [1.165, 1.54) is 0 Å². The minimum atomic E-state index is -1.65. The monoisotopic (exact) mass is 314 g/mol. The van der Waals surface area contributed by atoms with E-state index >= 15 is 0 Å². The van der Waals surface area contributed by atoms with Gasteiger partial charge in [-0.2, -0.15) is 0 Å². The Balaban J connectivity index is 2.16. The average Bonchev–Trinajstić information content (AvgIpc) is 2.45. The molecule has 0 radical (unpaired) electrons. The van der Waals surface area contributed by atoms with Gasteiger partial charge in [-0.3, -0.25) is 0 Å². The molecule has 0 fully saturated rings. The zero-order valence-corrected chi connectivity index (χ0v) is 11.6. The van der Waals surface area contributed by atoms with E-state index < -0.39 is 29.2 Å². The van der Waals surface area contributed by atoms with Crippen LogP contribution in [0.5, 0.6) is 0 Å². The molecule has 2 amide bonds. The first-order valence-corrected chi connectivity index (χ1v) is 6.24. The maximum Gasteiger partial charge on any atom is 0.323 e. The number of halogens is 4. The standard InChI is InChI=1S/C14H10ClF3N2O/c1-7-8(15)3-2-4-10(7)19-14(21)20-11-6-5-9(16)12(17)13(11)18/h2-6H,1H3,(H2,19,20,21). The topological polar surface area (TPSA) is 41.1 Å². The molecular formula is C14H10ClF3N2O. The number of benzene rings is 2. The lowest BCUT2D eigenvalue weighted by molar-refractivity contribution is 0.262. The Kier molecular flexibility index (Phi) is 4.37. The van der Waals surface area contributed by atoms with Crippen LogP contribution in [0.1, 0.15) is 5.56 Å². The Morgan fingerprint density at radius 2 is 1.67 bits per heavy atom. The number of urea groups is 1. The third-order valence-corrected chi connectivity index (χ3v) is 3.21. The van der Waals surface area contributed by atoms with Crippen LogP contribution >= 0.6 is 11.6 Å². The molecule has 0 aliphatic heterocycles. The summed E-state index contributed by atoms with van der Waals surface area (Å²) in [6, 6.07) is 5.72. The van der Waals surface area contributed by atoms with Crippen molar-refractivity contribution < 1.29 is 18.0 Å². The first-order chi connectivity index (χ1) is 9.90. The SMILES string of the molecule is Cc1c(Cl)cccc1NC(=O)Nc1ccc(F)c(F)c1F. The van der Waals surface area contributed by atoms with Crippen LogP contribution in [0.25, 0.3) is 0 Å². The third kappa shape index (κ3) is 3.28. The highest BCUT2D eigenvalue weighted by Crippen LogP contribution is 2.24. The molecule has 0 aliphatic carbocycles. The van der Waals surface area contributed by atoms with Crippen LogP contribution in [0.3, 0.4) is 0 Å². The molecule has 3 nitrogen and oxygen atoms in total. The van der Waals surface area contributed by atoms with E-state index in [0.29, 0.717) is 16.3 Å². The molecule has 2 aromatic rings. The number of carbonyl (C=O) groups is 1. The van der Waals surface area contributed by atoms with Crippen molar-refractivity contribution >= 4 is 29.0 Å². The van der Waals surface area contributed by atoms with Crippen LogP contribution in [-0.4, -0.2) is 6.03 Å². The molecule has 2 aromatic carbocycles. The lowest BCUT2D eigenvalue weighted by Gasteiger charge is -2.11. The van der Waals surface area contributed by atoms with Crippen molar-refractivity contribution in [1.29, 1.82) is 0 Å². The fourth-order valence-corrected chi connectivity index (χ4v) is 1.82. The zero-order chi connectivity index (χ0) is 15.6. The first kappa shape index (κ1) is 15.2. The molecule has 0 saturated carbocycles. The molecule has 2 rings (SSSR count). The second-order valence-corrected chi connectivity index (χ2v) is 4.62. The minimum Gasteiger partial charge on any atom is -0.307 e. The summed E-state index contributed by atoms with van der Waals surface area (Å²) >= 11 is 5.90. The van der Waals surface area contributed by atoms with E-state index in [2.05, 4.69) is 10.6 Å². The van der Waals surface area contributed by atoms with Crippen molar-refractivity contribution in [2.45, 2.75) is 6.92 Å². The number of hydrogen-bond acceptors (Lipinski definition) is 1. The van der Waals surface area contributed by atoms with Gasteiger partial charge in [0.25, 0.3) is 0 Å². The first-order valence-electron chi connectivity index (χ1n) is 5.86. The molecule has 0 bridgehead atoms. The predicted octanol–water partition coefficient (Wildman–Crippen LogP) is 4.71. The van der Waals surface area contributed by atoms with Crippen molar-refractivity contribution in [1.82, 2.24) is 0 Å². The largest absolute Gasteiger partial charge is 0.323 e. The van der Waals surface area contributed by atoms with Crippen molar-refractivity contribution in [2.24, 2.45) is 0 Å². The Bertz CT molecular complexity index is 707. The van der Waals surface area contributed by atoms with Crippen LogP contribution in [0.15, 0.2) is 30.3 Å². The average molecular weight is 315 g/mol. The van der Waals surface area contributed by atoms with Gasteiger partial charge in [0, 0.05) is 10.7 Å². The smallest absolute Gasteiger partial charge is 0.307 e. The van der Waals surface area contributed by atoms with Gasteiger partial charge < -0.3 is 10.6 Å². The summed E-state index contributed by atoms with van der Waals surface area (Å²) < 4.78 is 39.3. The molecule has 110 valence electrons. The normalized spacial score (nSPS) is 10.3. The number of carbonyl (C=O) groups excluding carboxylic acids is 1. The highest BCUT2D eigenvalue weighted by Gasteiger charge is 2.15. The summed E-state index contributed by atoms with van der Waals surface area (Å²) in [5.41, 5.74) is 0.578. The van der Waals surface area contributed by atoms with Gasteiger partial charge in [-0.05, 0) is 36.8 Å². The number of amides is 2. The van der Waals surface area contributed by atoms with E-state index in [9.17, 15) is 18.0 Å². The maximum atomic E-state index is 13.4. The molecule has 0 heterocycles. The van der Waals surface area contributed by atoms with Crippen LogP contribution in [0, 0.1) is 24.4 Å². The van der Waals surface area contributed by atoms with E-state index in [4.69, 9.17) is 11.6 Å². The van der Waals surface area contributed by atoms with Gasteiger partial charge in [0.1, 0.15) is 0 Å². The van der Waals surface area contributed by atoms with Crippen molar-refractivity contribution in [3.05, 3.63) is 58.4 Å². The lowest BCUT2D eigenvalue weighted by atomic mass is 10.2. The number of rotatable bonds is 2. The van der Waals surface area contributed by atoms with Gasteiger partial charge in [-0.15, -0.1) is 0 Å². The molecule has 7 heteroatoms. The van der Waals surface area contributed by atoms with E-state index in [-0.39, 0.29) is 0 Å². The molecule has 2 N–H and O–H groups in total. The number of hydrogen-bond donors (Lipinski definition) is 2. The highest BCUT2D eigenvalue weighted by molar-refractivity contribution is 6.31. The van der Waals surface area contributed by atoms with Gasteiger partial charge in [-0.1, -0.05) is 17.7 Å². The fourth-order valence-electron chi connectivity index (χ4n) is 1.64. The van der Waals surface area contributed by atoms with Gasteiger partial charge in [0.15, 0.2) is 17.5 Å². The summed E-state index contributed by atoms with van der Waals surface area (Å²) in [5, 5.41) is 4.99.